The lowest BCUT2D eigenvalue weighted by Gasteiger charge is -2.20. The number of alkyl carbamates (subject to hydrolysis) is 1. The Bertz CT molecular complexity index is 478. The minimum absolute atomic E-state index is 0.139. The van der Waals surface area contributed by atoms with Crippen molar-refractivity contribution >= 4 is 17.6 Å². The van der Waals surface area contributed by atoms with E-state index in [0.29, 0.717) is 11.3 Å². The maximum Gasteiger partial charge on any atom is 0.407 e. The van der Waals surface area contributed by atoms with E-state index in [-0.39, 0.29) is 6.54 Å². The van der Waals surface area contributed by atoms with Crippen LogP contribution in [-0.4, -0.2) is 32.9 Å². The van der Waals surface area contributed by atoms with Gasteiger partial charge in [-0.2, -0.15) is 0 Å². The summed E-state index contributed by atoms with van der Waals surface area (Å²) in [5.41, 5.74) is 0.428. The van der Waals surface area contributed by atoms with Crippen LogP contribution in [0.1, 0.15) is 32.6 Å². The van der Waals surface area contributed by atoms with E-state index in [0.717, 1.165) is 11.5 Å². The van der Waals surface area contributed by atoms with Crippen molar-refractivity contribution in [1.82, 2.24) is 14.9 Å². The highest BCUT2D eigenvalue weighted by molar-refractivity contribution is 7.03. The number of allylic oxidation sites excluding steroid dienone is 2. The number of nitrogens with zero attached hydrogens (tertiary/aromatic N) is 2. The van der Waals surface area contributed by atoms with Crippen molar-refractivity contribution in [3.8, 4) is 0 Å². The molecule has 2 N–H and O–H groups in total. The predicted molar refractivity (Wildman–Crippen MR) is 77.4 cm³/mol. The number of ether oxygens (including phenoxy) is 1. The largest absolute Gasteiger partial charge is 0.444 e. The van der Waals surface area contributed by atoms with Gasteiger partial charge in [0.2, 0.25) is 0 Å². The van der Waals surface area contributed by atoms with Crippen LogP contribution in [0.3, 0.4) is 0 Å². The SMILES string of the molecule is C=C/C=C(\CNC(=O)OC(C)(C)C)[C@H](O)c1csnn1. The van der Waals surface area contributed by atoms with Gasteiger partial charge >= 0.3 is 6.09 Å². The molecule has 6 nitrogen and oxygen atoms in total. The van der Waals surface area contributed by atoms with Crippen LogP contribution in [0.5, 0.6) is 0 Å². The zero-order chi connectivity index (χ0) is 15.2. The third kappa shape index (κ3) is 5.50. The molecular weight excluding hydrogens is 278 g/mol. The molecule has 110 valence electrons. The third-order valence-corrected chi connectivity index (χ3v) is 2.70. The van der Waals surface area contributed by atoms with E-state index in [2.05, 4.69) is 21.5 Å². The van der Waals surface area contributed by atoms with E-state index in [1.54, 1.807) is 32.2 Å². The van der Waals surface area contributed by atoms with Gasteiger partial charge in [0.25, 0.3) is 0 Å². The van der Waals surface area contributed by atoms with Crippen LogP contribution in [0.15, 0.2) is 29.7 Å². The van der Waals surface area contributed by atoms with E-state index in [1.807, 2.05) is 0 Å². The van der Waals surface area contributed by atoms with E-state index in [9.17, 15) is 9.90 Å². The summed E-state index contributed by atoms with van der Waals surface area (Å²) in [6.07, 6.45) is 1.69. The van der Waals surface area contributed by atoms with E-state index in [4.69, 9.17) is 4.74 Å². The second kappa shape index (κ2) is 7.16. The second-order valence-electron chi connectivity index (χ2n) is 5.07. The average Bonchev–Trinajstić information content (AvgIpc) is 2.85. The van der Waals surface area contributed by atoms with Gasteiger partial charge in [-0.25, -0.2) is 4.79 Å². The number of aliphatic hydroxyl groups is 1. The van der Waals surface area contributed by atoms with Crippen LogP contribution in [0.25, 0.3) is 0 Å². The third-order valence-electron chi connectivity index (χ3n) is 2.18. The molecule has 20 heavy (non-hydrogen) atoms. The fourth-order valence-corrected chi connectivity index (χ4v) is 1.84. The lowest BCUT2D eigenvalue weighted by atomic mass is 10.1. The van der Waals surface area contributed by atoms with E-state index >= 15 is 0 Å². The molecule has 0 aliphatic carbocycles. The molecule has 0 saturated heterocycles. The lowest BCUT2D eigenvalue weighted by molar-refractivity contribution is 0.0529. The molecule has 1 amide bonds. The molecule has 0 fully saturated rings. The molecule has 0 saturated carbocycles. The number of aromatic nitrogens is 2. The quantitative estimate of drug-likeness (QED) is 0.814. The Morgan fingerprint density at radius 3 is 2.85 bits per heavy atom. The summed E-state index contributed by atoms with van der Waals surface area (Å²) < 4.78 is 8.82. The first-order chi connectivity index (χ1) is 9.33. The fourth-order valence-electron chi connectivity index (χ4n) is 1.37. The minimum Gasteiger partial charge on any atom is -0.444 e. The van der Waals surface area contributed by atoms with E-state index in [1.165, 1.54) is 6.08 Å². The van der Waals surface area contributed by atoms with Crippen molar-refractivity contribution in [2.45, 2.75) is 32.5 Å². The van der Waals surface area contributed by atoms with Gasteiger partial charge in [-0.15, -0.1) is 5.10 Å². The smallest absolute Gasteiger partial charge is 0.407 e. The molecule has 1 atom stereocenters. The van der Waals surface area contributed by atoms with Gasteiger partial charge in [-0.3, -0.25) is 0 Å². The summed E-state index contributed by atoms with van der Waals surface area (Å²) in [4.78, 5) is 11.6. The van der Waals surface area contributed by atoms with Crippen LogP contribution >= 0.6 is 11.5 Å². The molecule has 1 aromatic heterocycles. The van der Waals surface area contributed by atoms with Crippen molar-refractivity contribution < 1.29 is 14.6 Å². The molecule has 0 aliphatic rings. The summed E-state index contributed by atoms with van der Waals surface area (Å²) in [5.74, 6) is 0. The highest BCUT2D eigenvalue weighted by atomic mass is 32.1. The Kier molecular flexibility index (Phi) is 5.84. The molecule has 0 aromatic carbocycles. The highest BCUT2D eigenvalue weighted by Gasteiger charge is 2.19. The van der Waals surface area contributed by atoms with E-state index < -0.39 is 17.8 Å². The van der Waals surface area contributed by atoms with Crippen LogP contribution < -0.4 is 5.32 Å². The van der Waals surface area contributed by atoms with Gasteiger partial charge < -0.3 is 15.2 Å². The number of hydrogen-bond donors (Lipinski definition) is 2. The summed E-state index contributed by atoms with van der Waals surface area (Å²) >= 11 is 1.15. The molecule has 7 heteroatoms. The topological polar surface area (TPSA) is 84.3 Å². The first kappa shape index (κ1) is 16.3. The van der Waals surface area contributed by atoms with Crippen LogP contribution in [-0.2, 0) is 4.74 Å². The minimum atomic E-state index is -0.929. The Balaban J connectivity index is 2.63. The Labute approximate surface area is 122 Å². The standard InChI is InChI=1S/C13H19N3O3S/c1-5-6-9(11(17)10-8-20-16-15-10)7-14-12(18)19-13(2,3)4/h5-6,8,11,17H,1,7H2,2-4H3,(H,14,18)/b9-6+/t11-/m0/s1. The summed E-state index contributed by atoms with van der Waals surface area (Å²) in [5, 5.41) is 18.2. The molecule has 1 rings (SSSR count). The molecule has 0 radical (unpaired) electrons. The monoisotopic (exact) mass is 297 g/mol. The van der Waals surface area contributed by atoms with Crippen molar-refractivity contribution in [2.75, 3.05) is 6.54 Å². The van der Waals surface area contributed by atoms with Crippen LogP contribution in [0.4, 0.5) is 4.79 Å². The highest BCUT2D eigenvalue weighted by Crippen LogP contribution is 2.20. The van der Waals surface area contributed by atoms with Gasteiger partial charge in [0.15, 0.2) is 0 Å². The number of rotatable bonds is 5. The molecular formula is C13H19N3O3S. The Morgan fingerprint density at radius 2 is 2.35 bits per heavy atom. The average molecular weight is 297 g/mol. The molecule has 0 unspecified atom stereocenters. The van der Waals surface area contributed by atoms with Crippen LogP contribution in [0.2, 0.25) is 0 Å². The van der Waals surface area contributed by atoms with Gasteiger partial charge in [-0.1, -0.05) is 23.2 Å². The number of carbonyl (C=O) groups is 1. The van der Waals surface area contributed by atoms with Crippen molar-refractivity contribution in [3.63, 3.8) is 0 Å². The van der Waals surface area contributed by atoms with Crippen molar-refractivity contribution in [2.24, 2.45) is 0 Å². The number of nitrogens with one attached hydrogen (secondary N) is 1. The molecule has 0 bridgehead atoms. The predicted octanol–water partition coefficient (Wildman–Crippen LogP) is 2.21. The van der Waals surface area contributed by atoms with Gasteiger partial charge in [0.1, 0.15) is 17.4 Å². The first-order valence-electron chi connectivity index (χ1n) is 6.07. The Hall–Kier alpha value is -1.73. The number of amides is 1. The maximum atomic E-state index is 11.6. The zero-order valence-electron chi connectivity index (χ0n) is 11.8. The lowest BCUT2D eigenvalue weighted by Crippen LogP contribution is -2.34. The number of carbonyl (C=O) groups excluding carboxylic acids is 1. The molecule has 0 aliphatic heterocycles. The fraction of sp³-hybridized carbons (Fsp3) is 0.462. The van der Waals surface area contributed by atoms with Crippen LogP contribution in [0, 0.1) is 0 Å². The Morgan fingerprint density at radius 1 is 1.65 bits per heavy atom. The van der Waals surface area contributed by atoms with Gasteiger partial charge in [0.05, 0.1) is 0 Å². The van der Waals surface area contributed by atoms with Gasteiger partial charge in [0, 0.05) is 11.9 Å². The molecule has 1 heterocycles. The van der Waals surface area contributed by atoms with Crippen molar-refractivity contribution in [1.29, 1.82) is 0 Å². The number of hydrogen-bond acceptors (Lipinski definition) is 6. The first-order valence-corrected chi connectivity index (χ1v) is 6.90. The summed E-state index contributed by atoms with van der Waals surface area (Å²) in [6.45, 7) is 9.07. The molecule has 0 spiro atoms. The molecule has 1 aromatic rings. The van der Waals surface area contributed by atoms with Crippen molar-refractivity contribution in [3.05, 3.63) is 35.4 Å². The maximum absolute atomic E-state index is 11.6. The zero-order valence-corrected chi connectivity index (χ0v) is 12.6. The van der Waals surface area contributed by atoms with Gasteiger partial charge in [-0.05, 0) is 37.9 Å². The second-order valence-corrected chi connectivity index (χ2v) is 5.67. The number of aliphatic hydroxyl groups excluding tert-OH is 1. The summed E-state index contributed by atoms with van der Waals surface area (Å²) in [6, 6.07) is 0. The normalized spacial score (nSPS) is 13.7. The summed E-state index contributed by atoms with van der Waals surface area (Å²) in [7, 11) is 0.